The Kier molecular flexibility index (Phi) is 4.20. The minimum atomic E-state index is -1.10. The van der Waals surface area contributed by atoms with Gasteiger partial charge in [-0.15, -0.1) is 0 Å². The van der Waals surface area contributed by atoms with Gasteiger partial charge in [0, 0.05) is 12.5 Å². The van der Waals surface area contributed by atoms with Crippen LogP contribution in [0.15, 0.2) is 18.2 Å². The highest BCUT2D eigenvalue weighted by Gasteiger charge is 2.48. The topological polar surface area (TPSA) is 97.0 Å². The number of urea groups is 1. The first-order valence-corrected chi connectivity index (χ1v) is 9.18. The number of imide groups is 1. The number of amides is 4. The van der Waals surface area contributed by atoms with Crippen LogP contribution >= 0.6 is 0 Å². The van der Waals surface area contributed by atoms with E-state index in [2.05, 4.69) is 10.6 Å². The van der Waals surface area contributed by atoms with Gasteiger partial charge >= 0.3 is 6.03 Å². The summed E-state index contributed by atoms with van der Waals surface area (Å²) in [6.45, 7) is 3.53. The fraction of sp³-hybridized carbons (Fsp3) is 0.526. The van der Waals surface area contributed by atoms with E-state index in [4.69, 9.17) is 9.47 Å². The largest absolute Gasteiger partial charge is 0.454 e. The molecular weight excluding hydrogens is 350 g/mol. The molecule has 1 aliphatic carbocycles. The van der Waals surface area contributed by atoms with Gasteiger partial charge in [0.15, 0.2) is 11.5 Å². The molecule has 0 radical (unpaired) electrons. The summed E-state index contributed by atoms with van der Waals surface area (Å²) in [5.41, 5.74) is -0.267. The van der Waals surface area contributed by atoms with Crippen LogP contribution in [0.1, 0.15) is 32.3 Å². The molecule has 4 rings (SSSR count). The van der Waals surface area contributed by atoms with Crippen molar-refractivity contribution in [1.82, 2.24) is 15.5 Å². The van der Waals surface area contributed by atoms with E-state index < -0.39 is 17.5 Å². The minimum absolute atomic E-state index is 0.0679. The zero-order valence-corrected chi connectivity index (χ0v) is 15.4. The van der Waals surface area contributed by atoms with Gasteiger partial charge in [0.2, 0.25) is 12.7 Å². The van der Waals surface area contributed by atoms with E-state index in [1.807, 2.05) is 13.0 Å². The number of nitrogens with one attached hydrogen (secondary N) is 2. The third-order valence-electron chi connectivity index (χ3n) is 5.36. The smallest absolute Gasteiger partial charge is 0.325 e. The molecule has 2 atom stereocenters. The Morgan fingerprint density at radius 2 is 2.07 bits per heavy atom. The Balaban J connectivity index is 1.42. The van der Waals surface area contributed by atoms with Gasteiger partial charge in [0.1, 0.15) is 12.1 Å². The van der Waals surface area contributed by atoms with Crippen LogP contribution in [0.3, 0.4) is 0 Å². The number of hydrogen-bond donors (Lipinski definition) is 2. The van der Waals surface area contributed by atoms with Gasteiger partial charge in [0.05, 0.1) is 0 Å². The molecule has 3 aliphatic rings. The van der Waals surface area contributed by atoms with Gasteiger partial charge < -0.3 is 20.1 Å². The lowest BCUT2D eigenvalue weighted by Crippen LogP contribution is -2.47. The molecule has 2 fully saturated rings. The van der Waals surface area contributed by atoms with E-state index in [1.54, 1.807) is 19.1 Å². The summed E-state index contributed by atoms with van der Waals surface area (Å²) in [6.07, 6.45) is 2.52. The molecule has 2 N–H and O–H groups in total. The second kappa shape index (κ2) is 6.44. The average molecular weight is 373 g/mol. The van der Waals surface area contributed by atoms with Crippen molar-refractivity contribution in [1.29, 1.82) is 0 Å². The number of hydrogen-bond acceptors (Lipinski definition) is 5. The Morgan fingerprint density at radius 3 is 2.81 bits per heavy atom. The van der Waals surface area contributed by atoms with Crippen molar-refractivity contribution in [2.75, 3.05) is 13.3 Å². The minimum Gasteiger partial charge on any atom is -0.454 e. The van der Waals surface area contributed by atoms with E-state index in [9.17, 15) is 14.4 Å². The fourth-order valence-electron chi connectivity index (χ4n) is 3.63. The van der Waals surface area contributed by atoms with Crippen molar-refractivity contribution in [3.05, 3.63) is 23.8 Å². The maximum atomic E-state index is 12.8. The van der Waals surface area contributed by atoms with Crippen molar-refractivity contribution < 1.29 is 23.9 Å². The third-order valence-corrected chi connectivity index (χ3v) is 5.36. The number of rotatable bonds is 6. The third kappa shape index (κ3) is 3.43. The SMILES string of the molecule is C[C@@H](NC(=O)CN1C(=O)N[C@@](C)(Cc2ccc3c(c2)OCO3)C1=O)C1CC1. The van der Waals surface area contributed by atoms with Gasteiger partial charge in [-0.2, -0.15) is 0 Å². The molecule has 0 unspecified atom stereocenters. The van der Waals surface area contributed by atoms with E-state index in [1.165, 1.54) is 0 Å². The van der Waals surface area contributed by atoms with Gasteiger partial charge in [-0.1, -0.05) is 6.07 Å². The molecule has 0 aromatic heterocycles. The molecule has 2 aliphatic heterocycles. The normalized spacial score (nSPS) is 24.7. The van der Waals surface area contributed by atoms with Crippen LogP contribution in [-0.2, 0) is 16.0 Å². The fourth-order valence-corrected chi connectivity index (χ4v) is 3.63. The number of ether oxygens (including phenoxy) is 2. The molecule has 2 heterocycles. The second-order valence-corrected chi connectivity index (χ2v) is 7.71. The Hall–Kier alpha value is -2.77. The van der Waals surface area contributed by atoms with Crippen molar-refractivity contribution in [3.63, 3.8) is 0 Å². The van der Waals surface area contributed by atoms with Gasteiger partial charge in [-0.25, -0.2) is 4.79 Å². The lowest BCUT2D eigenvalue weighted by Gasteiger charge is -2.22. The van der Waals surface area contributed by atoms with Crippen LogP contribution < -0.4 is 20.1 Å². The lowest BCUT2D eigenvalue weighted by atomic mass is 9.92. The van der Waals surface area contributed by atoms with Crippen LogP contribution in [0.2, 0.25) is 0 Å². The molecular formula is C19H23N3O5. The summed E-state index contributed by atoms with van der Waals surface area (Å²) in [7, 11) is 0. The highest BCUT2D eigenvalue weighted by atomic mass is 16.7. The summed E-state index contributed by atoms with van der Waals surface area (Å²) in [6, 6.07) is 4.95. The highest BCUT2D eigenvalue weighted by molar-refractivity contribution is 6.09. The van der Waals surface area contributed by atoms with Crippen LogP contribution in [0, 0.1) is 5.92 Å². The van der Waals surface area contributed by atoms with E-state index >= 15 is 0 Å². The standard InChI is InChI=1S/C19H23N3O5/c1-11(13-4-5-13)20-16(23)9-22-17(24)19(2,21-18(22)25)8-12-3-6-14-15(7-12)27-10-26-14/h3,6-7,11,13H,4-5,8-10H2,1-2H3,(H,20,23)(H,21,25)/t11-,19+/m1/s1. The van der Waals surface area contributed by atoms with Gasteiger partial charge in [-0.05, 0) is 50.3 Å². The van der Waals surface area contributed by atoms with Crippen molar-refractivity contribution in [2.45, 2.75) is 44.7 Å². The molecule has 8 nitrogen and oxygen atoms in total. The molecule has 144 valence electrons. The maximum Gasteiger partial charge on any atom is 0.325 e. The van der Waals surface area contributed by atoms with Crippen LogP contribution in [0.5, 0.6) is 11.5 Å². The summed E-state index contributed by atoms with van der Waals surface area (Å²) < 4.78 is 10.7. The predicted molar refractivity (Wildman–Crippen MR) is 95.2 cm³/mol. The van der Waals surface area contributed by atoms with Crippen LogP contribution in [0.4, 0.5) is 4.79 Å². The number of carbonyl (C=O) groups is 3. The van der Waals surface area contributed by atoms with E-state index in [-0.39, 0.29) is 25.3 Å². The van der Waals surface area contributed by atoms with Crippen molar-refractivity contribution in [2.24, 2.45) is 5.92 Å². The molecule has 1 saturated heterocycles. The van der Waals surface area contributed by atoms with Crippen LogP contribution in [0.25, 0.3) is 0 Å². The summed E-state index contributed by atoms with van der Waals surface area (Å²) in [4.78, 5) is 38.4. The van der Waals surface area contributed by atoms with Crippen molar-refractivity contribution >= 4 is 17.8 Å². The molecule has 1 aromatic rings. The first-order valence-electron chi connectivity index (χ1n) is 9.18. The summed E-state index contributed by atoms with van der Waals surface area (Å²) in [5, 5.41) is 5.60. The number of carbonyl (C=O) groups excluding carboxylic acids is 3. The molecule has 27 heavy (non-hydrogen) atoms. The Bertz CT molecular complexity index is 807. The highest BCUT2D eigenvalue weighted by Crippen LogP contribution is 2.34. The lowest BCUT2D eigenvalue weighted by molar-refractivity contribution is -0.134. The molecule has 0 spiro atoms. The maximum absolute atomic E-state index is 12.8. The number of benzene rings is 1. The summed E-state index contributed by atoms with van der Waals surface area (Å²) >= 11 is 0. The molecule has 1 aromatic carbocycles. The zero-order chi connectivity index (χ0) is 19.2. The quantitative estimate of drug-likeness (QED) is 0.730. The van der Waals surface area contributed by atoms with Gasteiger partial charge in [0.25, 0.3) is 5.91 Å². The first kappa shape index (κ1) is 17.6. The van der Waals surface area contributed by atoms with E-state index in [0.29, 0.717) is 23.8 Å². The number of nitrogens with zero attached hydrogens (tertiary/aromatic N) is 1. The number of fused-ring (bicyclic) bond motifs is 1. The predicted octanol–water partition coefficient (Wildman–Crippen LogP) is 1.18. The first-order chi connectivity index (χ1) is 12.9. The molecule has 8 heteroatoms. The monoisotopic (exact) mass is 373 g/mol. The molecule has 4 amide bonds. The molecule has 1 saturated carbocycles. The Morgan fingerprint density at radius 1 is 1.33 bits per heavy atom. The second-order valence-electron chi connectivity index (χ2n) is 7.71. The van der Waals surface area contributed by atoms with E-state index in [0.717, 1.165) is 23.3 Å². The summed E-state index contributed by atoms with van der Waals surface area (Å²) in [5.74, 6) is 1.07. The molecule has 0 bridgehead atoms. The Labute approximate surface area is 157 Å². The van der Waals surface area contributed by atoms with Crippen molar-refractivity contribution in [3.8, 4) is 11.5 Å². The van der Waals surface area contributed by atoms with Crippen LogP contribution in [-0.4, -0.2) is 47.7 Å². The zero-order valence-electron chi connectivity index (χ0n) is 15.4. The average Bonchev–Trinajstić information content (AvgIpc) is 3.33. The van der Waals surface area contributed by atoms with Gasteiger partial charge in [-0.3, -0.25) is 14.5 Å².